The van der Waals surface area contributed by atoms with Crippen LogP contribution in [-0.2, 0) is 13.0 Å². The number of halogens is 1. The van der Waals surface area contributed by atoms with Crippen LogP contribution in [0, 0.1) is 6.92 Å². The van der Waals surface area contributed by atoms with Crippen LogP contribution >= 0.6 is 22.9 Å². The van der Waals surface area contributed by atoms with Gasteiger partial charge in [-0.15, -0.1) is 11.3 Å². The molecule has 4 heteroatoms. The number of nitrogens with two attached hydrogens (primary N) is 1. The topological polar surface area (TPSA) is 29.3 Å². The molecule has 1 unspecified atom stereocenters. The largest absolute Gasteiger partial charge is 0.315 e. The van der Waals surface area contributed by atoms with Crippen LogP contribution in [0.5, 0.6) is 0 Å². The summed E-state index contributed by atoms with van der Waals surface area (Å²) in [5.41, 5.74) is 8.81. The lowest BCUT2D eigenvalue weighted by atomic mass is 10.0. The van der Waals surface area contributed by atoms with Gasteiger partial charge in [-0.3, -0.25) is 4.90 Å². The number of hydrogen-bond donors (Lipinski definition) is 1. The lowest BCUT2D eigenvalue weighted by Gasteiger charge is -2.22. The molecule has 0 amide bonds. The van der Waals surface area contributed by atoms with Crippen molar-refractivity contribution in [2.45, 2.75) is 26.1 Å². The molecule has 1 aliphatic rings. The molecule has 1 aromatic heterocycles. The Morgan fingerprint density at radius 2 is 2.18 bits per heavy atom. The van der Waals surface area contributed by atoms with Crippen LogP contribution in [0.25, 0.3) is 10.1 Å². The Labute approximate surface area is 110 Å². The maximum Gasteiger partial charge on any atom is 0.0614 e. The van der Waals surface area contributed by atoms with Gasteiger partial charge in [-0.05, 0) is 37.2 Å². The maximum absolute atomic E-state index is 6.33. The van der Waals surface area contributed by atoms with Crippen molar-refractivity contribution in [3.8, 4) is 0 Å². The van der Waals surface area contributed by atoms with E-state index in [0.717, 1.165) is 18.0 Å². The van der Waals surface area contributed by atoms with Crippen molar-refractivity contribution < 1.29 is 0 Å². The second-order valence-corrected chi connectivity index (χ2v) is 6.39. The molecule has 17 heavy (non-hydrogen) atoms. The third kappa shape index (κ3) is 1.69. The first kappa shape index (κ1) is 11.5. The van der Waals surface area contributed by atoms with Crippen molar-refractivity contribution in [3.63, 3.8) is 0 Å². The van der Waals surface area contributed by atoms with E-state index in [9.17, 15) is 0 Å². The van der Waals surface area contributed by atoms with E-state index < -0.39 is 0 Å². The Kier molecular flexibility index (Phi) is 2.67. The predicted octanol–water partition coefficient (Wildman–Crippen LogP) is 3.14. The normalized spacial score (nSPS) is 20.8. The first-order chi connectivity index (χ1) is 8.08. The van der Waals surface area contributed by atoms with Crippen molar-refractivity contribution in [2.75, 3.05) is 7.05 Å². The van der Waals surface area contributed by atoms with Gasteiger partial charge in [0.25, 0.3) is 0 Å². The summed E-state index contributed by atoms with van der Waals surface area (Å²) in [5.74, 6) is 0. The summed E-state index contributed by atoms with van der Waals surface area (Å²) < 4.78 is 1.33. The fraction of sp³-hybridized carbons (Fsp3) is 0.385. The number of thiophene rings is 1. The van der Waals surface area contributed by atoms with E-state index in [2.05, 4.69) is 24.9 Å². The molecule has 0 radical (unpaired) electrons. The van der Waals surface area contributed by atoms with Crippen molar-refractivity contribution >= 4 is 33.0 Å². The fourth-order valence-corrected chi connectivity index (χ4v) is 3.88. The van der Waals surface area contributed by atoms with Gasteiger partial charge in [0.1, 0.15) is 0 Å². The lowest BCUT2D eigenvalue weighted by molar-refractivity contribution is 0.242. The Balaban J connectivity index is 2.36. The molecule has 2 heterocycles. The van der Waals surface area contributed by atoms with Crippen LogP contribution in [0.2, 0.25) is 5.02 Å². The quantitative estimate of drug-likeness (QED) is 0.794. The summed E-state index contributed by atoms with van der Waals surface area (Å²) in [6.45, 7) is 3.10. The zero-order valence-corrected chi connectivity index (χ0v) is 11.5. The molecule has 90 valence electrons. The van der Waals surface area contributed by atoms with E-state index in [1.165, 1.54) is 26.1 Å². The minimum atomic E-state index is 0.0508. The van der Waals surface area contributed by atoms with Gasteiger partial charge in [-0.25, -0.2) is 0 Å². The van der Waals surface area contributed by atoms with Gasteiger partial charge in [0.05, 0.1) is 6.17 Å². The zero-order chi connectivity index (χ0) is 12.2. The van der Waals surface area contributed by atoms with Gasteiger partial charge in [-0.1, -0.05) is 11.6 Å². The minimum Gasteiger partial charge on any atom is -0.315 e. The smallest absolute Gasteiger partial charge is 0.0614 e. The van der Waals surface area contributed by atoms with E-state index in [1.807, 2.05) is 17.4 Å². The fourth-order valence-electron chi connectivity index (χ4n) is 2.54. The number of nitrogens with zero attached hydrogens (tertiary/aromatic N) is 1. The van der Waals surface area contributed by atoms with E-state index in [0.29, 0.717) is 0 Å². The van der Waals surface area contributed by atoms with Gasteiger partial charge < -0.3 is 5.73 Å². The average molecular weight is 267 g/mol. The third-order valence-corrected chi connectivity index (χ3v) is 5.06. The molecule has 0 spiro atoms. The molecule has 0 saturated heterocycles. The third-order valence-electron chi connectivity index (χ3n) is 3.59. The molecule has 3 rings (SSSR count). The molecule has 1 aliphatic heterocycles. The van der Waals surface area contributed by atoms with Crippen LogP contribution in [0.4, 0.5) is 0 Å². The van der Waals surface area contributed by atoms with Crippen LogP contribution < -0.4 is 5.73 Å². The molecule has 2 N–H and O–H groups in total. The highest BCUT2D eigenvalue weighted by Gasteiger charge is 2.24. The molecular weight excluding hydrogens is 252 g/mol. The van der Waals surface area contributed by atoms with Crippen LogP contribution in [-0.4, -0.2) is 18.1 Å². The number of hydrogen-bond acceptors (Lipinski definition) is 3. The first-order valence-corrected chi connectivity index (χ1v) is 6.92. The van der Waals surface area contributed by atoms with Crippen LogP contribution in [0.3, 0.4) is 0 Å². The Hall–Kier alpha value is -0.610. The maximum atomic E-state index is 6.33. The second-order valence-electron chi connectivity index (χ2n) is 4.72. The molecule has 0 fully saturated rings. The molecule has 0 aliphatic carbocycles. The van der Waals surface area contributed by atoms with Gasteiger partial charge in [0.2, 0.25) is 0 Å². The summed E-state index contributed by atoms with van der Waals surface area (Å²) in [5, 5.41) is 2.20. The van der Waals surface area contributed by atoms with Crippen molar-refractivity contribution in [1.82, 2.24) is 4.90 Å². The molecule has 1 aromatic carbocycles. The van der Waals surface area contributed by atoms with Gasteiger partial charge >= 0.3 is 0 Å². The average Bonchev–Trinajstić information content (AvgIpc) is 2.52. The number of likely N-dealkylation sites (N-methyl/N-ethyl adjacent to an activating group) is 1. The zero-order valence-electron chi connectivity index (χ0n) is 9.96. The molecule has 1 atom stereocenters. The molecule has 2 nitrogen and oxygen atoms in total. The molecule has 0 saturated carbocycles. The highest BCUT2D eigenvalue weighted by molar-refractivity contribution is 7.19. The Bertz CT molecular complexity index is 591. The van der Waals surface area contributed by atoms with Gasteiger partial charge in [0, 0.05) is 33.0 Å². The number of benzene rings is 1. The van der Waals surface area contributed by atoms with E-state index in [-0.39, 0.29) is 6.17 Å². The molecule has 0 bridgehead atoms. The Morgan fingerprint density at radius 3 is 2.94 bits per heavy atom. The first-order valence-electron chi connectivity index (χ1n) is 5.73. The van der Waals surface area contributed by atoms with Gasteiger partial charge in [-0.2, -0.15) is 0 Å². The van der Waals surface area contributed by atoms with Crippen molar-refractivity contribution in [1.29, 1.82) is 0 Å². The van der Waals surface area contributed by atoms with Crippen molar-refractivity contribution in [3.05, 3.63) is 33.2 Å². The number of aryl methyl sites for hydroxylation is 1. The summed E-state index contributed by atoms with van der Waals surface area (Å²) in [4.78, 5) is 3.58. The highest BCUT2D eigenvalue weighted by atomic mass is 35.5. The summed E-state index contributed by atoms with van der Waals surface area (Å²) >= 11 is 8.19. The van der Waals surface area contributed by atoms with E-state index in [4.69, 9.17) is 17.3 Å². The molecule has 2 aromatic rings. The molecular formula is C13H15ClN2S. The van der Waals surface area contributed by atoms with Crippen LogP contribution in [0.15, 0.2) is 12.1 Å². The SMILES string of the molecule is Cc1sc2ccc(Cl)c3c2c1CN(C)C(N)C3. The summed E-state index contributed by atoms with van der Waals surface area (Å²) in [6, 6.07) is 4.12. The van der Waals surface area contributed by atoms with E-state index in [1.54, 1.807) is 0 Å². The monoisotopic (exact) mass is 266 g/mol. The van der Waals surface area contributed by atoms with Crippen molar-refractivity contribution in [2.24, 2.45) is 5.73 Å². The van der Waals surface area contributed by atoms with E-state index >= 15 is 0 Å². The number of rotatable bonds is 0. The summed E-state index contributed by atoms with van der Waals surface area (Å²) in [7, 11) is 2.08. The highest BCUT2D eigenvalue weighted by Crippen LogP contribution is 2.39. The lowest BCUT2D eigenvalue weighted by Crippen LogP contribution is -2.39. The minimum absolute atomic E-state index is 0.0508. The Morgan fingerprint density at radius 1 is 1.41 bits per heavy atom. The van der Waals surface area contributed by atoms with Crippen LogP contribution in [0.1, 0.15) is 16.0 Å². The standard InChI is InChI=1S/C13H15ClN2S/c1-7-9-6-16(2)12(15)5-8-10(14)3-4-11(17-7)13(8)9/h3-4,12H,5-6,15H2,1-2H3. The summed E-state index contributed by atoms with van der Waals surface area (Å²) in [6.07, 6.45) is 0.880. The van der Waals surface area contributed by atoms with Gasteiger partial charge in [0.15, 0.2) is 0 Å². The second kappa shape index (κ2) is 3.95. The predicted molar refractivity (Wildman–Crippen MR) is 74.7 cm³/mol.